The first-order valence-electron chi connectivity index (χ1n) is 11.7. The molecule has 0 amide bonds. The number of ether oxygens (including phenoxy) is 3. The van der Waals surface area contributed by atoms with Crippen LogP contribution < -0.4 is 9.47 Å². The van der Waals surface area contributed by atoms with Crippen LogP contribution in [0, 0.1) is 11.8 Å². The second-order valence-electron chi connectivity index (χ2n) is 9.28. The van der Waals surface area contributed by atoms with Crippen molar-refractivity contribution in [2.24, 2.45) is 11.8 Å². The third kappa shape index (κ3) is 5.36. The van der Waals surface area contributed by atoms with Gasteiger partial charge in [0, 0.05) is 30.0 Å². The van der Waals surface area contributed by atoms with E-state index in [0.717, 1.165) is 0 Å². The van der Waals surface area contributed by atoms with Crippen LogP contribution in [0.3, 0.4) is 0 Å². The number of ketones is 2. The van der Waals surface area contributed by atoms with Crippen LogP contribution in [0.15, 0.2) is 6.07 Å². The Balaban J connectivity index is 1.83. The Labute approximate surface area is 200 Å². The topological polar surface area (TPSA) is 123 Å². The molecular weight excluding hydrogens is 442 g/mol. The molecule has 2 atom stereocenters. The highest BCUT2D eigenvalue weighted by molar-refractivity contribution is 6.11. The van der Waals surface area contributed by atoms with Gasteiger partial charge in [-0.05, 0) is 45.7 Å². The van der Waals surface area contributed by atoms with Crippen LogP contribution in [0.1, 0.15) is 60.4 Å². The minimum atomic E-state index is -0.749. The SMILES string of the molecule is COC(=O)C1CCC(C(=O)CC(=O)c2c(OC)cc(OC)c(C3CCN(C)CC3O)c2O)CC1. The van der Waals surface area contributed by atoms with E-state index in [9.17, 15) is 24.6 Å². The highest BCUT2D eigenvalue weighted by Gasteiger charge is 2.36. The third-order valence-corrected chi connectivity index (χ3v) is 7.19. The molecule has 2 N–H and O–H groups in total. The standard InChI is InChI=1S/C25H35NO8/c1-26-10-9-16(19(29)13-26)22-20(32-2)12-21(33-3)23(24(22)30)18(28)11-17(27)14-5-7-15(8-6-14)25(31)34-4/h12,14-16,19,29-30H,5-11,13H2,1-4H3. The molecule has 3 rings (SSSR count). The molecule has 0 aromatic heterocycles. The van der Waals surface area contributed by atoms with Gasteiger partial charge in [0.15, 0.2) is 5.78 Å². The number of likely N-dealkylation sites (N-methyl/N-ethyl adjacent to an activating group) is 1. The van der Waals surface area contributed by atoms with Crippen molar-refractivity contribution in [3.63, 3.8) is 0 Å². The Morgan fingerprint density at radius 2 is 1.62 bits per heavy atom. The number of β-amino-alcohol motifs (C(OH)–C–C–N with tert-alkyl or cyclic N) is 1. The molecule has 0 radical (unpaired) electrons. The number of aromatic hydroxyl groups is 1. The number of benzene rings is 1. The van der Waals surface area contributed by atoms with Crippen LogP contribution in [0.4, 0.5) is 0 Å². The zero-order valence-electron chi connectivity index (χ0n) is 20.3. The summed E-state index contributed by atoms with van der Waals surface area (Å²) in [4.78, 5) is 39.9. The van der Waals surface area contributed by atoms with Crippen LogP contribution in [-0.4, -0.2) is 80.2 Å². The van der Waals surface area contributed by atoms with E-state index in [4.69, 9.17) is 14.2 Å². The lowest BCUT2D eigenvalue weighted by molar-refractivity contribution is -0.147. The molecule has 188 valence electrons. The summed E-state index contributed by atoms with van der Waals surface area (Å²) in [7, 11) is 6.09. The summed E-state index contributed by atoms with van der Waals surface area (Å²) in [5.41, 5.74) is 0.291. The van der Waals surface area contributed by atoms with Gasteiger partial charge in [0.25, 0.3) is 0 Å². The van der Waals surface area contributed by atoms with Crippen LogP contribution in [0.5, 0.6) is 17.2 Å². The summed E-state index contributed by atoms with van der Waals surface area (Å²) in [6, 6.07) is 1.53. The second kappa shape index (κ2) is 11.2. The second-order valence-corrected chi connectivity index (χ2v) is 9.28. The Bertz CT molecular complexity index is 922. The smallest absolute Gasteiger partial charge is 0.308 e. The molecular formula is C25H35NO8. The molecule has 0 bridgehead atoms. The largest absolute Gasteiger partial charge is 0.507 e. The Morgan fingerprint density at radius 1 is 1.00 bits per heavy atom. The average Bonchev–Trinajstić information content (AvgIpc) is 2.83. The number of phenols is 1. The third-order valence-electron chi connectivity index (χ3n) is 7.19. The first kappa shape index (κ1) is 26.0. The molecule has 1 aliphatic heterocycles. The van der Waals surface area contributed by atoms with E-state index in [-0.39, 0.29) is 47.1 Å². The molecule has 2 unspecified atom stereocenters. The number of phenolic OH excluding ortho intramolecular Hbond substituents is 1. The summed E-state index contributed by atoms with van der Waals surface area (Å²) in [5, 5.41) is 21.9. The monoisotopic (exact) mass is 477 g/mol. The first-order valence-corrected chi connectivity index (χ1v) is 11.7. The van der Waals surface area contributed by atoms with Crippen molar-refractivity contribution in [1.29, 1.82) is 0 Å². The van der Waals surface area contributed by atoms with Crippen molar-refractivity contribution in [3.05, 3.63) is 17.2 Å². The number of Topliss-reactive ketones (excluding diaryl/α,β-unsaturated/α-hetero) is 2. The molecule has 1 aromatic carbocycles. The number of esters is 1. The van der Waals surface area contributed by atoms with Crippen LogP contribution in [-0.2, 0) is 14.3 Å². The van der Waals surface area contributed by atoms with Gasteiger partial charge in [-0.25, -0.2) is 0 Å². The van der Waals surface area contributed by atoms with E-state index in [0.29, 0.717) is 56.5 Å². The van der Waals surface area contributed by atoms with E-state index >= 15 is 0 Å². The molecule has 9 heteroatoms. The number of aliphatic hydroxyl groups excluding tert-OH is 1. The molecule has 9 nitrogen and oxygen atoms in total. The van der Waals surface area contributed by atoms with Crippen molar-refractivity contribution in [1.82, 2.24) is 4.90 Å². The van der Waals surface area contributed by atoms with Gasteiger partial charge in [0.2, 0.25) is 0 Å². The van der Waals surface area contributed by atoms with Gasteiger partial charge in [-0.1, -0.05) is 0 Å². The number of nitrogens with zero attached hydrogens (tertiary/aromatic N) is 1. The molecule has 1 saturated heterocycles. The normalized spacial score (nSPS) is 25.4. The van der Waals surface area contributed by atoms with Gasteiger partial charge in [0.1, 0.15) is 28.6 Å². The molecule has 34 heavy (non-hydrogen) atoms. The summed E-state index contributed by atoms with van der Waals surface area (Å²) < 4.78 is 15.6. The van der Waals surface area contributed by atoms with Gasteiger partial charge < -0.3 is 29.3 Å². The van der Waals surface area contributed by atoms with Crippen molar-refractivity contribution >= 4 is 17.5 Å². The zero-order chi connectivity index (χ0) is 25.0. The number of piperidine rings is 1. The quantitative estimate of drug-likeness (QED) is 0.330. The molecule has 2 fully saturated rings. The molecule has 1 saturated carbocycles. The van der Waals surface area contributed by atoms with Gasteiger partial charge >= 0.3 is 5.97 Å². The van der Waals surface area contributed by atoms with Gasteiger partial charge in [-0.3, -0.25) is 14.4 Å². The predicted octanol–water partition coefficient (Wildman–Crippen LogP) is 2.31. The lowest BCUT2D eigenvalue weighted by Gasteiger charge is -2.35. The van der Waals surface area contributed by atoms with E-state index in [1.54, 1.807) is 0 Å². The minimum absolute atomic E-state index is 0.0685. The highest BCUT2D eigenvalue weighted by Crippen LogP contribution is 2.46. The van der Waals surface area contributed by atoms with E-state index < -0.39 is 17.8 Å². The van der Waals surface area contributed by atoms with E-state index in [1.165, 1.54) is 27.4 Å². The molecule has 1 aromatic rings. The lowest BCUT2D eigenvalue weighted by Crippen LogP contribution is -2.40. The Morgan fingerprint density at radius 3 is 2.18 bits per heavy atom. The molecule has 2 aliphatic rings. The minimum Gasteiger partial charge on any atom is -0.507 e. The number of methoxy groups -OCH3 is 3. The number of hydrogen-bond acceptors (Lipinski definition) is 9. The van der Waals surface area contributed by atoms with Crippen molar-refractivity contribution in [2.45, 2.75) is 50.5 Å². The molecule has 1 heterocycles. The molecule has 0 spiro atoms. The maximum absolute atomic E-state index is 13.2. The maximum Gasteiger partial charge on any atom is 0.308 e. The average molecular weight is 478 g/mol. The fraction of sp³-hybridized carbons (Fsp3) is 0.640. The number of hydrogen-bond donors (Lipinski definition) is 2. The zero-order valence-corrected chi connectivity index (χ0v) is 20.3. The van der Waals surface area contributed by atoms with Crippen LogP contribution >= 0.6 is 0 Å². The lowest BCUT2D eigenvalue weighted by atomic mass is 9.78. The van der Waals surface area contributed by atoms with Crippen LogP contribution in [0.25, 0.3) is 0 Å². The van der Waals surface area contributed by atoms with Gasteiger partial charge in [-0.15, -0.1) is 0 Å². The summed E-state index contributed by atoms with van der Waals surface area (Å²) in [5.74, 6) is -1.83. The number of likely N-dealkylation sites (tertiary alicyclic amines) is 1. The number of carbonyl (C=O) groups is 3. The fourth-order valence-corrected chi connectivity index (χ4v) is 5.23. The number of rotatable bonds is 8. The number of aliphatic hydroxyl groups is 1. The molecule has 1 aliphatic carbocycles. The van der Waals surface area contributed by atoms with Gasteiger partial charge in [0.05, 0.1) is 39.8 Å². The van der Waals surface area contributed by atoms with Crippen LogP contribution in [0.2, 0.25) is 0 Å². The van der Waals surface area contributed by atoms with Gasteiger partial charge in [-0.2, -0.15) is 0 Å². The van der Waals surface area contributed by atoms with Crippen molar-refractivity contribution in [3.8, 4) is 17.2 Å². The summed E-state index contributed by atoms with van der Waals surface area (Å²) in [6.45, 7) is 1.14. The Hall–Kier alpha value is -2.65. The maximum atomic E-state index is 13.2. The fourth-order valence-electron chi connectivity index (χ4n) is 5.23. The highest BCUT2D eigenvalue weighted by atomic mass is 16.5. The van der Waals surface area contributed by atoms with Crippen molar-refractivity contribution < 1.29 is 38.8 Å². The Kier molecular flexibility index (Phi) is 8.54. The summed E-state index contributed by atoms with van der Waals surface area (Å²) >= 11 is 0. The van der Waals surface area contributed by atoms with E-state index in [2.05, 4.69) is 0 Å². The first-order chi connectivity index (χ1) is 16.2. The number of carbonyl (C=O) groups excluding carboxylic acids is 3. The van der Waals surface area contributed by atoms with Crippen molar-refractivity contribution in [2.75, 3.05) is 41.5 Å². The summed E-state index contributed by atoms with van der Waals surface area (Å²) in [6.07, 6.45) is 1.58. The predicted molar refractivity (Wildman–Crippen MR) is 123 cm³/mol. The van der Waals surface area contributed by atoms with E-state index in [1.807, 2.05) is 11.9 Å².